The highest BCUT2D eigenvalue weighted by molar-refractivity contribution is 14.1. The molecule has 0 saturated heterocycles. The Balaban J connectivity index is 2.58. The minimum Gasteiger partial charge on any atom is -0.497 e. The van der Waals surface area contributed by atoms with Crippen molar-refractivity contribution in [3.63, 3.8) is 0 Å². The molecule has 0 fully saturated rings. The van der Waals surface area contributed by atoms with Crippen molar-refractivity contribution in [1.82, 2.24) is 0 Å². The van der Waals surface area contributed by atoms with Gasteiger partial charge in [-0.3, -0.25) is 0 Å². The molecule has 0 N–H and O–H groups in total. The van der Waals surface area contributed by atoms with Gasteiger partial charge in [0, 0.05) is 3.92 Å². The average Bonchev–Trinajstić information content (AvgIpc) is 1.90. The van der Waals surface area contributed by atoms with E-state index in [-0.39, 0.29) is 0 Å². The molecule has 2 heteroatoms. The van der Waals surface area contributed by atoms with Gasteiger partial charge in [0.15, 0.2) is 0 Å². The summed E-state index contributed by atoms with van der Waals surface area (Å²) < 4.78 is 5.59. The van der Waals surface area contributed by atoms with Crippen LogP contribution in [0, 0.1) is 0 Å². The topological polar surface area (TPSA) is 9.23 Å². The lowest BCUT2D eigenvalue weighted by atomic mass is 10.2. The average molecular weight is 236 g/mol. The number of halogens is 1. The van der Waals surface area contributed by atoms with Crippen LogP contribution in [-0.4, -0.2) is 10.5 Å². The minimum atomic E-state index is 0.600. The van der Waals surface area contributed by atoms with Crippen molar-refractivity contribution in [2.75, 3.05) is 6.61 Å². The SMILES string of the molecule is CC(I)C1=CCOC=C1. The molecule has 1 aliphatic rings. The van der Waals surface area contributed by atoms with E-state index < -0.39 is 0 Å². The molecular formula is C7H9IO. The molecule has 9 heavy (non-hydrogen) atoms. The second-order valence-electron chi connectivity index (χ2n) is 1.96. The van der Waals surface area contributed by atoms with Gasteiger partial charge < -0.3 is 4.74 Å². The van der Waals surface area contributed by atoms with Gasteiger partial charge >= 0.3 is 0 Å². The van der Waals surface area contributed by atoms with Crippen LogP contribution in [0.25, 0.3) is 0 Å². The summed E-state index contributed by atoms with van der Waals surface area (Å²) in [4.78, 5) is 0. The van der Waals surface area contributed by atoms with Gasteiger partial charge in [-0.25, -0.2) is 0 Å². The maximum Gasteiger partial charge on any atom is 0.106 e. The van der Waals surface area contributed by atoms with Crippen LogP contribution in [0.2, 0.25) is 0 Å². The molecule has 0 aliphatic carbocycles. The smallest absolute Gasteiger partial charge is 0.106 e. The Kier molecular flexibility index (Phi) is 2.57. The lowest BCUT2D eigenvalue weighted by molar-refractivity contribution is 0.284. The molecule has 0 aromatic heterocycles. The van der Waals surface area contributed by atoms with Crippen LogP contribution < -0.4 is 0 Å². The first-order valence-electron chi connectivity index (χ1n) is 2.93. The molecule has 0 aromatic carbocycles. The van der Waals surface area contributed by atoms with E-state index in [1.807, 2.05) is 6.08 Å². The summed E-state index contributed by atoms with van der Waals surface area (Å²) in [6.07, 6.45) is 5.88. The van der Waals surface area contributed by atoms with Gasteiger partial charge in [0.05, 0.1) is 6.26 Å². The van der Waals surface area contributed by atoms with Gasteiger partial charge in [-0.05, 0) is 24.6 Å². The molecule has 1 nitrogen and oxygen atoms in total. The zero-order valence-electron chi connectivity index (χ0n) is 5.30. The van der Waals surface area contributed by atoms with Crippen LogP contribution >= 0.6 is 22.6 Å². The number of hydrogen-bond donors (Lipinski definition) is 0. The summed E-state index contributed by atoms with van der Waals surface area (Å²) in [5.41, 5.74) is 1.36. The van der Waals surface area contributed by atoms with Gasteiger partial charge in [0.1, 0.15) is 6.61 Å². The standard InChI is InChI=1S/C7H9IO/c1-6(8)7-2-4-9-5-3-7/h2-4,6H,5H2,1H3. The van der Waals surface area contributed by atoms with E-state index in [1.165, 1.54) is 5.57 Å². The third kappa shape index (κ3) is 2.01. The summed E-state index contributed by atoms with van der Waals surface area (Å²) in [5.74, 6) is 0. The summed E-state index contributed by atoms with van der Waals surface area (Å²) in [6.45, 7) is 2.90. The van der Waals surface area contributed by atoms with Gasteiger partial charge in [-0.15, -0.1) is 0 Å². The Bertz CT molecular complexity index is 147. The van der Waals surface area contributed by atoms with Crippen LogP contribution in [0.3, 0.4) is 0 Å². The molecule has 1 unspecified atom stereocenters. The molecule has 1 rings (SSSR count). The lowest BCUT2D eigenvalue weighted by Gasteiger charge is -2.08. The van der Waals surface area contributed by atoms with E-state index >= 15 is 0 Å². The fraction of sp³-hybridized carbons (Fsp3) is 0.429. The molecule has 50 valence electrons. The van der Waals surface area contributed by atoms with E-state index in [9.17, 15) is 0 Å². The highest BCUT2D eigenvalue weighted by atomic mass is 127. The fourth-order valence-electron chi connectivity index (χ4n) is 0.690. The zero-order valence-corrected chi connectivity index (χ0v) is 7.46. The number of rotatable bonds is 1. The van der Waals surface area contributed by atoms with Crippen molar-refractivity contribution in [3.8, 4) is 0 Å². The maximum atomic E-state index is 4.99. The van der Waals surface area contributed by atoms with E-state index in [1.54, 1.807) is 6.26 Å². The van der Waals surface area contributed by atoms with Crippen molar-refractivity contribution >= 4 is 22.6 Å². The number of hydrogen-bond acceptors (Lipinski definition) is 1. The lowest BCUT2D eigenvalue weighted by Crippen LogP contribution is -1.99. The highest BCUT2D eigenvalue weighted by Gasteiger charge is 2.02. The Labute approximate surface area is 68.9 Å². The highest BCUT2D eigenvalue weighted by Crippen LogP contribution is 2.15. The molecule has 1 atom stereocenters. The van der Waals surface area contributed by atoms with E-state index in [0.29, 0.717) is 3.92 Å². The zero-order chi connectivity index (χ0) is 6.69. The maximum absolute atomic E-state index is 4.99. The number of alkyl halides is 1. The quantitative estimate of drug-likeness (QED) is 0.501. The number of ether oxygens (including phenoxy) is 1. The monoisotopic (exact) mass is 236 g/mol. The summed E-state index contributed by atoms with van der Waals surface area (Å²) in [6, 6.07) is 0. The third-order valence-electron chi connectivity index (χ3n) is 1.23. The fourth-order valence-corrected chi connectivity index (χ4v) is 1.15. The van der Waals surface area contributed by atoms with Crippen LogP contribution in [0.5, 0.6) is 0 Å². The second kappa shape index (κ2) is 3.25. The van der Waals surface area contributed by atoms with Crippen molar-refractivity contribution in [2.45, 2.75) is 10.8 Å². The largest absolute Gasteiger partial charge is 0.497 e. The Morgan fingerprint density at radius 3 is 2.89 bits per heavy atom. The first-order valence-corrected chi connectivity index (χ1v) is 4.17. The van der Waals surface area contributed by atoms with Crippen molar-refractivity contribution in [1.29, 1.82) is 0 Å². The van der Waals surface area contributed by atoms with Gasteiger partial charge in [-0.1, -0.05) is 22.6 Å². The minimum absolute atomic E-state index is 0.600. The predicted octanol–water partition coefficient (Wildman–Crippen LogP) is 2.28. The molecule has 0 saturated carbocycles. The summed E-state index contributed by atoms with van der Waals surface area (Å²) >= 11 is 2.39. The molecule has 0 radical (unpaired) electrons. The Hall–Kier alpha value is 0.01000. The van der Waals surface area contributed by atoms with Crippen LogP contribution in [0.15, 0.2) is 24.0 Å². The van der Waals surface area contributed by atoms with Crippen molar-refractivity contribution in [3.05, 3.63) is 24.0 Å². The molecule has 0 aromatic rings. The van der Waals surface area contributed by atoms with E-state index in [4.69, 9.17) is 4.74 Å². The Morgan fingerprint density at radius 2 is 2.56 bits per heavy atom. The second-order valence-corrected chi connectivity index (χ2v) is 3.82. The van der Waals surface area contributed by atoms with Crippen LogP contribution in [0.1, 0.15) is 6.92 Å². The number of allylic oxidation sites excluding steroid dienone is 2. The third-order valence-corrected chi connectivity index (χ3v) is 1.95. The van der Waals surface area contributed by atoms with Crippen molar-refractivity contribution in [2.24, 2.45) is 0 Å². The summed E-state index contributed by atoms with van der Waals surface area (Å²) in [5, 5.41) is 0. The normalized spacial score (nSPS) is 20.4. The molecule has 1 aliphatic heterocycles. The molecular weight excluding hydrogens is 227 g/mol. The summed E-state index contributed by atoms with van der Waals surface area (Å²) in [7, 11) is 0. The molecule has 0 spiro atoms. The first-order chi connectivity index (χ1) is 4.30. The molecule has 1 heterocycles. The van der Waals surface area contributed by atoms with Crippen LogP contribution in [0.4, 0.5) is 0 Å². The first kappa shape index (κ1) is 7.12. The van der Waals surface area contributed by atoms with Gasteiger partial charge in [0.25, 0.3) is 0 Å². The Morgan fingerprint density at radius 1 is 1.78 bits per heavy atom. The molecule has 0 bridgehead atoms. The van der Waals surface area contributed by atoms with E-state index in [0.717, 1.165) is 6.61 Å². The molecule has 0 amide bonds. The van der Waals surface area contributed by atoms with Crippen molar-refractivity contribution < 1.29 is 4.74 Å². The van der Waals surface area contributed by atoms with Gasteiger partial charge in [-0.2, -0.15) is 0 Å². The van der Waals surface area contributed by atoms with Crippen LogP contribution in [-0.2, 0) is 4.74 Å². The van der Waals surface area contributed by atoms with E-state index in [2.05, 4.69) is 35.6 Å². The van der Waals surface area contributed by atoms with Gasteiger partial charge in [0.2, 0.25) is 0 Å². The predicted molar refractivity (Wildman–Crippen MR) is 46.7 cm³/mol.